The molecule has 164 valence electrons. The van der Waals surface area contributed by atoms with Gasteiger partial charge in [0.1, 0.15) is 0 Å². The van der Waals surface area contributed by atoms with Crippen LogP contribution in [0.3, 0.4) is 0 Å². The first kappa shape index (κ1) is 21.3. The number of hydrogen-bond donors (Lipinski definition) is 0. The molecule has 0 aliphatic rings. The predicted octanol–water partition coefficient (Wildman–Crippen LogP) is 10.5. The third-order valence-corrected chi connectivity index (χ3v) is 9.26. The van der Waals surface area contributed by atoms with E-state index in [1.807, 2.05) is 22.7 Å². The third-order valence-electron chi connectivity index (χ3n) is 5.98. The lowest BCUT2D eigenvalue weighted by Crippen LogP contribution is -1.75. The SMILES string of the molecule is Cc1ccc(-c2ccc(-c3ccc(-c4ccc(-c5ccc(-c6cccs6)cc5)s4)cc3)s2)cc1. The van der Waals surface area contributed by atoms with Crippen LogP contribution in [0, 0.1) is 6.92 Å². The Labute approximate surface area is 212 Å². The number of thiophene rings is 3. The molecule has 3 heterocycles. The highest BCUT2D eigenvalue weighted by molar-refractivity contribution is 7.19. The molecule has 0 spiro atoms. The Morgan fingerprint density at radius 3 is 1.09 bits per heavy atom. The van der Waals surface area contributed by atoms with E-state index in [0.717, 1.165) is 0 Å². The van der Waals surface area contributed by atoms with Crippen molar-refractivity contribution >= 4 is 34.0 Å². The van der Waals surface area contributed by atoms with Crippen molar-refractivity contribution in [2.45, 2.75) is 6.92 Å². The first-order chi connectivity index (χ1) is 16.7. The normalized spacial score (nSPS) is 11.1. The van der Waals surface area contributed by atoms with Gasteiger partial charge in [-0.05, 0) is 70.5 Å². The molecule has 0 aliphatic heterocycles. The molecule has 0 aliphatic carbocycles. The van der Waals surface area contributed by atoms with Crippen molar-refractivity contribution in [3.05, 3.63) is 120 Å². The average Bonchev–Trinajstić information content (AvgIpc) is 3.67. The van der Waals surface area contributed by atoms with Crippen LogP contribution >= 0.6 is 34.0 Å². The molecule has 3 aromatic heterocycles. The summed E-state index contributed by atoms with van der Waals surface area (Å²) >= 11 is 5.49. The Bertz CT molecular complexity index is 1510. The van der Waals surface area contributed by atoms with Crippen molar-refractivity contribution in [3.8, 4) is 52.2 Å². The van der Waals surface area contributed by atoms with Crippen molar-refractivity contribution in [2.75, 3.05) is 0 Å². The molecule has 34 heavy (non-hydrogen) atoms. The fraction of sp³-hybridized carbons (Fsp3) is 0.0323. The van der Waals surface area contributed by atoms with Crippen molar-refractivity contribution in [1.82, 2.24) is 0 Å². The summed E-state index contributed by atoms with van der Waals surface area (Å²) in [7, 11) is 0. The highest BCUT2D eigenvalue weighted by atomic mass is 32.1. The second kappa shape index (κ2) is 9.19. The lowest BCUT2D eigenvalue weighted by molar-refractivity contribution is 1.48. The number of hydrogen-bond acceptors (Lipinski definition) is 3. The summed E-state index contributed by atoms with van der Waals surface area (Å²) in [5, 5.41) is 2.13. The molecule has 0 amide bonds. The molecular weight excluding hydrogens is 469 g/mol. The third kappa shape index (κ3) is 4.30. The van der Waals surface area contributed by atoms with Gasteiger partial charge in [-0.25, -0.2) is 0 Å². The average molecular weight is 491 g/mol. The standard InChI is InChI=1S/C31H22S3/c1-21-4-6-23(7-5-21)28-16-17-30(33-28)25-12-14-26(15-13-25)31-19-18-29(34-31)24-10-8-22(9-11-24)27-3-2-20-32-27/h2-20H,1H3. The van der Waals surface area contributed by atoms with Gasteiger partial charge in [0.2, 0.25) is 0 Å². The van der Waals surface area contributed by atoms with E-state index in [9.17, 15) is 0 Å². The fourth-order valence-corrected chi connectivity index (χ4v) is 6.82. The van der Waals surface area contributed by atoms with Crippen molar-refractivity contribution in [3.63, 3.8) is 0 Å². The van der Waals surface area contributed by atoms with Crippen LogP contribution in [0.4, 0.5) is 0 Å². The van der Waals surface area contributed by atoms with Gasteiger partial charge in [0.15, 0.2) is 0 Å². The first-order valence-corrected chi connectivity index (χ1v) is 13.8. The molecule has 0 atom stereocenters. The monoisotopic (exact) mass is 490 g/mol. The molecule has 0 radical (unpaired) electrons. The number of benzene rings is 3. The Morgan fingerprint density at radius 1 is 0.382 bits per heavy atom. The summed E-state index contributed by atoms with van der Waals surface area (Å²) in [6.07, 6.45) is 0. The van der Waals surface area contributed by atoms with Gasteiger partial charge in [-0.2, -0.15) is 0 Å². The minimum Gasteiger partial charge on any atom is -0.144 e. The number of rotatable bonds is 5. The minimum absolute atomic E-state index is 1.27. The maximum Gasteiger partial charge on any atom is 0.0349 e. The van der Waals surface area contributed by atoms with E-state index in [2.05, 4.69) is 121 Å². The molecule has 3 aromatic carbocycles. The van der Waals surface area contributed by atoms with Gasteiger partial charge < -0.3 is 0 Å². The summed E-state index contributed by atoms with van der Waals surface area (Å²) in [4.78, 5) is 6.54. The largest absolute Gasteiger partial charge is 0.144 e. The van der Waals surface area contributed by atoms with Crippen LogP contribution in [0.1, 0.15) is 5.56 Å². The summed E-state index contributed by atoms with van der Waals surface area (Å²) in [5.41, 5.74) is 7.68. The second-order valence-corrected chi connectivity index (χ2v) is 11.4. The van der Waals surface area contributed by atoms with Gasteiger partial charge in [-0.1, -0.05) is 84.4 Å². The minimum atomic E-state index is 1.27. The van der Waals surface area contributed by atoms with Gasteiger partial charge in [-0.15, -0.1) is 34.0 Å². The zero-order valence-electron chi connectivity index (χ0n) is 18.7. The van der Waals surface area contributed by atoms with E-state index in [1.165, 1.54) is 57.8 Å². The molecule has 0 nitrogen and oxygen atoms in total. The van der Waals surface area contributed by atoms with E-state index in [4.69, 9.17) is 0 Å². The smallest absolute Gasteiger partial charge is 0.0349 e. The molecule has 3 heteroatoms. The van der Waals surface area contributed by atoms with E-state index in [1.54, 1.807) is 11.3 Å². The van der Waals surface area contributed by atoms with Crippen LogP contribution < -0.4 is 0 Å². The summed E-state index contributed by atoms with van der Waals surface area (Å²) in [5.74, 6) is 0. The maximum atomic E-state index is 2.25. The Hall–Kier alpha value is -3.24. The van der Waals surface area contributed by atoms with Gasteiger partial charge in [-0.3, -0.25) is 0 Å². The van der Waals surface area contributed by atoms with Crippen LogP contribution in [0.2, 0.25) is 0 Å². The van der Waals surface area contributed by atoms with Crippen LogP contribution in [0.25, 0.3) is 52.2 Å². The zero-order valence-corrected chi connectivity index (χ0v) is 21.1. The lowest BCUT2D eigenvalue weighted by atomic mass is 10.1. The Kier molecular flexibility index (Phi) is 5.76. The van der Waals surface area contributed by atoms with Crippen molar-refractivity contribution in [2.24, 2.45) is 0 Å². The number of aryl methyl sites for hydroxylation is 1. The van der Waals surface area contributed by atoms with Crippen LogP contribution in [0.15, 0.2) is 115 Å². The van der Waals surface area contributed by atoms with Crippen molar-refractivity contribution in [1.29, 1.82) is 0 Å². The predicted molar refractivity (Wildman–Crippen MR) is 152 cm³/mol. The quantitative estimate of drug-likeness (QED) is 0.225. The van der Waals surface area contributed by atoms with Crippen LogP contribution in [-0.4, -0.2) is 0 Å². The Balaban J connectivity index is 1.20. The van der Waals surface area contributed by atoms with Crippen LogP contribution in [0.5, 0.6) is 0 Å². The van der Waals surface area contributed by atoms with E-state index < -0.39 is 0 Å². The van der Waals surface area contributed by atoms with Gasteiger partial charge in [0.05, 0.1) is 0 Å². The summed E-state index contributed by atoms with van der Waals surface area (Å²) in [6, 6.07) is 39.9. The van der Waals surface area contributed by atoms with Crippen LogP contribution in [-0.2, 0) is 0 Å². The molecule has 0 fully saturated rings. The summed E-state index contributed by atoms with van der Waals surface area (Å²) in [6.45, 7) is 2.13. The molecule has 0 bridgehead atoms. The second-order valence-electron chi connectivity index (χ2n) is 8.33. The molecule has 0 unspecified atom stereocenters. The fourth-order valence-electron chi connectivity index (χ4n) is 4.05. The molecule has 6 aromatic rings. The molecule has 0 saturated heterocycles. The van der Waals surface area contributed by atoms with Gasteiger partial charge in [0.25, 0.3) is 0 Å². The highest BCUT2D eigenvalue weighted by Gasteiger charge is 2.09. The molecular formula is C31H22S3. The van der Waals surface area contributed by atoms with Gasteiger partial charge >= 0.3 is 0 Å². The van der Waals surface area contributed by atoms with E-state index in [0.29, 0.717) is 0 Å². The lowest BCUT2D eigenvalue weighted by Gasteiger charge is -2.02. The molecule has 0 saturated carbocycles. The van der Waals surface area contributed by atoms with Gasteiger partial charge in [0, 0.05) is 24.4 Å². The zero-order chi connectivity index (χ0) is 22.9. The highest BCUT2D eigenvalue weighted by Crippen LogP contribution is 2.38. The Morgan fingerprint density at radius 2 is 0.735 bits per heavy atom. The topological polar surface area (TPSA) is 0 Å². The van der Waals surface area contributed by atoms with E-state index >= 15 is 0 Å². The molecule has 6 rings (SSSR count). The maximum absolute atomic E-state index is 2.25. The summed E-state index contributed by atoms with van der Waals surface area (Å²) < 4.78 is 0. The first-order valence-electron chi connectivity index (χ1n) is 11.2. The van der Waals surface area contributed by atoms with Crippen molar-refractivity contribution < 1.29 is 0 Å². The molecule has 0 N–H and O–H groups in total. The van der Waals surface area contributed by atoms with E-state index in [-0.39, 0.29) is 0 Å².